The van der Waals surface area contributed by atoms with Crippen LogP contribution in [-0.4, -0.2) is 68.8 Å². The maximum absolute atomic E-state index is 13.5. The number of rotatable bonds is 8. The average Bonchev–Trinajstić information content (AvgIpc) is 3.93. The number of alkyl carbamates (subject to hydrolysis) is 1. The number of H-pyrrole nitrogens is 2. The average molecular weight is 796 g/mol. The molecule has 2 aliphatic rings. The summed E-state index contributed by atoms with van der Waals surface area (Å²) in [6.45, 7) is 5.46. The number of amides is 2. The number of aromatic nitrogens is 4. The number of fused-ring (bicyclic) bond motifs is 1. The van der Waals surface area contributed by atoms with Crippen molar-refractivity contribution in [1.82, 2.24) is 35.5 Å². The Morgan fingerprint density at radius 2 is 1.43 bits per heavy atom. The molecule has 4 heterocycles. The summed E-state index contributed by atoms with van der Waals surface area (Å²) in [6, 6.07) is 20.7. The Morgan fingerprint density at radius 3 is 2.08 bits per heavy atom. The van der Waals surface area contributed by atoms with Gasteiger partial charge in [0.15, 0.2) is 0 Å². The highest BCUT2D eigenvalue weighted by molar-refractivity contribution is 7.99. The van der Waals surface area contributed by atoms with Gasteiger partial charge in [-0.05, 0) is 58.4 Å². The standard InChI is InChI=1S/C36H39N7O3S.4ClH/c1-21(2)31(42-36(45)46-3)35(44)43-15-4-5-30(43)32-38-20-29(40-32)27-13-12-25-17-24(10-11-26(25)18-27)22-6-8-23(9-7-22)28-19-39-33(41-28)34-37-14-16-47-34;;;;/h6-13,17-21,30-31,34,37H,4-5,14-16H2,1-3H3,(H,38,40)(H,39,41)(H,42,45);4*1H/t30-,31-,34-;;;;/m0..../s1. The molecule has 2 amide bonds. The van der Waals surface area contributed by atoms with E-state index in [1.165, 1.54) is 7.11 Å². The van der Waals surface area contributed by atoms with Gasteiger partial charge in [-0.25, -0.2) is 14.8 Å². The molecule has 0 saturated carbocycles. The largest absolute Gasteiger partial charge is 0.453 e. The lowest BCUT2D eigenvalue weighted by molar-refractivity contribution is -0.135. The quantitative estimate of drug-likeness (QED) is 0.124. The highest BCUT2D eigenvalue weighted by Crippen LogP contribution is 2.34. The van der Waals surface area contributed by atoms with Crippen LogP contribution in [0.3, 0.4) is 0 Å². The lowest BCUT2D eigenvalue weighted by Gasteiger charge is -2.30. The number of halogens is 4. The normalized spacial score (nSPS) is 17.1. The van der Waals surface area contributed by atoms with E-state index in [1.54, 1.807) is 0 Å². The monoisotopic (exact) mass is 793 g/mol. The second kappa shape index (κ2) is 18.3. The lowest BCUT2D eigenvalue weighted by atomic mass is 9.98. The molecule has 7 rings (SSSR count). The van der Waals surface area contributed by atoms with Crippen molar-refractivity contribution in [3.63, 3.8) is 0 Å². The maximum atomic E-state index is 13.5. The zero-order valence-corrected chi connectivity index (χ0v) is 32.5. The van der Waals surface area contributed by atoms with Crippen LogP contribution >= 0.6 is 61.4 Å². The molecule has 51 heavy (non-hydrogen) atoms. The third-order valence-corrected chi connectivity index (χ3v) is 10.2. The summed E-state index contributed by atoms with van der Waals surface area (Å²) in [7, 11) is 1.30. The van der Waals surface area contributed by atoms with Crippen LogP contribution < -0.4 is 10.6 Å². The van der Waals surface area contributed by atoms with Crippen molar-refractivity contribution in [3.8, 4) is 33.6 Å². The van der Waals surface area contributed by atoms with Crippen LogP contribution in [0.15, 0.2) is 73.1 Å². The number of carbonyl (C=O) groups excluding carboxylic acids is 2. The number of hydrogen-bond donors (Lipinski definition) is 4. The van der Waals surface area contributed by atoms with Crippen LogP contribution in [0.5, 0.6) is 0 Å². The van der Waals surface area contributed by atoms with E-state index >= 15 is 0 Å². The lowest BCUT2D eigenvalue weighted by Crippen LogP contribution is -2.51. The number of methoxy groups -OCH3 is 1. The van der Waals surface area contributed by atoms with Crippen molar-refractivity contribution in [2.75, 3.05) is 26.0 Å². The molecule has 5 aromatic rings. The van der Waals surface area contributed by atoms with E-state index in [-0.39, 0.29) is 72.9 Å². The fourth-order valence-electron chi connectivity index (χ4n) is 6.50. The Morgan fingerprint density at radius 1 is 0.843 bits per heavy atom. The molecule has 2 saturated heterocycles. The summed E-state index contributed by atoms with van der Waals surface area (Å²) >= 11 is 1.88. The molecule has 2 aromatic heterocycles. The van der Waals surface area contributed by atoms with Gasteiger partial charge in [-0.2, -0.15) is 0 Å². The molecule has 0 radical (unpaired) electrons. The molecular weight excluding hydrogens is 752 g/mol. The first-order valence-corrected chi connectivity index (χ1v) is 17.2. The van der Waals surface area contributed by atoms with Gasteiger partial charge in [0.25, 0.3) is 0 Å². The first kappa shape index (κ1) is 42.0. The Balaban J connectivity index is 0.00000176. The van der Waals surface area contributed by atoms with Crippen molar-refractivity contribution in [2.24, 2.45) is 5.92 Å². The molecule has 0 unspecified atom stereocenters. The van der Waals surface area contributed by atoms with Gasteiger partial charge in [0.2, 0.25) is 5.91 Å². The molecular formula is C36H43Cl4N7O3S. The third kappa shape index (κ3) is 8.96. The van der Waals surface area contributed by atoms with E-state index in [0.717, 1.165) is 81.2 Å². The Hall–Kier alpha value is -3.45. The molecule has 0 bridgehead atoms. The zero-order chi connectivity index (χ0) is 32.5. The van der Waals surface area contributed by atoms with Crippen LogP contribution in [0.25, 0.3) is 44.4 Å². The predicted molar refractivity (Wildman–Crippen MR) is 215 cm³/mol. The minimum absolute atomic E-state index is 0. The number of likely N-dealkylation sites (tertiary alicyclic amines) is 1. The van der Waals surface area contributed by atoms with E-state index in [9.17, 15) is 9.59 Å². The van der Waals surface area contributed by atoms with E-state index in [2.05, 4.69) is 86.2 Å². The molecule has 4 N–H and O–H groups in total. The summed E-state index contributed by atoms with van der Waals surface area (Å²) in [5, 5.41) is 8.70. The number of thioether (sulfide) groups is 1. The van der Waals surface area contributed by atoms with E-state index in [4.69, 9.17) is 9.72 Å². The van der Waals surface area contributed by atoms with Gasteiger partial charge in [-0.1, -0.05) is 62.4 Å². The summed E-state index contributed by atoms with van der Waals surface area (Å²) < 4.78 is 4.76. The molecule has 2 aliphatic heterocycles. The molecule has 10 nitrogen and oxygen atoms in total. The minimum Gasteiger partial charge on any atom is -0.453 e. The molecule has 3 atom stereocenters. The fourth-order valence-corrected chi connectivity index (χ4v) is 7.48. The molecule has 3 aromatic carbocycles. The fraction of sp³-hybridized carbons (Fsp3) is 0.333. The molecule has 0 spiro atoms. The van der Waals surface area contributed by atoms with Gasteiger partial charge in [0.1, 0.15) is 23.1 Å². The SMILES string of the molecule is COC(=O)N[C@H](C(=O)N1CCC[C@H]1c1ncc(-c2ccc3cc(-c4ccc(-c5cnc([C@H]6NCCS6)[nH]5)cc4)ccc3c2)[nH]1)C(C)C.Cl.Cl.Cl.Cl. The van der Waals surface area contributed by atoms with Gasteiger partial charge in [-0.15, -0.1) is 61.4 Å². The van der Waals surface area contributed by atoms with Crippen molar-refractivity contribution >= 4 is 84.2 Å². The third-order valence-electron chi connectivity index (χ3n) is 9.08. The van der Waals surface area contributed by atoms with Gasteiger partial charge < -0.3 is 24.9 Å². The van der Waals surface area contributed by atoms with Gasteiger partial charge >= 0.3 is 6.09 Å². The summed E-state index contributed by atoms with van der Waals surface area (Å²) in [5.74, 6) is 2.64. The molecule has 2 fully saturated rings. The van der Waals surface area contributed by atoms with Crippen LogP contribution in [0.2, 0.25) is 0 Å². The number of nitrogens with one attached hydrogen (secondary N) is 4. The van der Waals surface area contributed by atoms with E-state index in [0.29, 0.717) is 6.54 Å². The highest BCUT2D eigenvalue weighted by Gasteiger charge is 2.37. The minimum atomic E-state index is -0.663. The van der Waals surface area contributed by atoms with Crippen molar-refractivity contribution in [2.45, 2.75) is 44.1 Å². The van der Waals surface area contributed by atoms with Crippen LogP contribution in [0.4, 0.5) is 4.79 Å². The predicted octanol–water partition coefficient (Wildman–Crippen LogP) is 8.35. The van der Waals surface area contributed by atoms with E-state index < -0.39 is 12.1 Å². The number of carbonyl (C=O) groups is 2. The van der Waals surface area contributed by atoms with Crippen molar-refractivity contribution in [3.05, 3.63) is 84.7 Å². The van der Waals surface area contributed by atoms with Gasteiger partial charge in [-0.3, -0.25) is 10.1 Å². The number of ether oxygens (including phenoxy) is 1. The number of imidazole rings is 2. The zero-order valence-electron chi connectivity index (χ0n) is 28.4. The maximum Gasteiger partial charge on any atom is 0.407 e. The smallest absolute Gasteiger partial charge is 0.407 e. The first-order valence-electron chi connectivity index (χ1n) is 16.1. The Kier molecular flexibility index (Phi) is 15.1. The van der Waals surface area contributed by atoms with E-state index in [1.807, 2.05) is 42.9 Å². The first-order chi connectivity index (χ1) is 22.9. The van der Waals surface area contributed by atoms with Crippen LogP contribution in [0.1, 0.15) is 49.8 Å². The number of nitrogens with zero attached hydrogens (tertiary/aromatic N) is 3. The van der Waals surface area contributed by atoms with Crippen LogP contribution in [-0.2, 0) is 9.53 Å². The topological polar surface area (TPSA) is 128 Å². The number of benzene rings is 3. The van der Waals surface area contributed by atoms with Crippen molar-refractivity contribution < 1.29 is 14.3 Å². The molecule has 0 aliphatic carbocycles. The highest BCUT2D eigenvalue weighted by atomic mass is 35.5. The summed E-state index contributed by atoms with van der Waals surface area (Å²) in [6.07, 6.45) is 4.83. The Labute approximate surface area is 326 Å². The van der Waals surface area contributed by atoms with Crippen LogP contribution in [0, 0.1) is 5.92 Å². The molecule has 15 heteroatoms. The van der Waals surface area contributed by atoms with Gasteiger partial charge in [0.05, 0.1) is 36.9 Å². The molecule has 274 valence electrons. The van der Waals surface area contributed by atoms with Crippen molar-refractivity contribution in [1.29, 1.82) is 0 Å². The second-order valence-electron chi connectivity index (χ2n) is 12.5. The van der Waals surface area contributed by atoms with Gasteiger partial charge in [0, 0.05) is 24.4 Å². The second-order valence-corrected chi connectivity index (χ2v) is 13.7. The number of aromatic amines is 2. The summed E-state index contributed by atoms with van der Waals surface area (Å²) in [4.78, 5) is 43.5. The summed E-state index contributed by atoms with van der Waals surface area (Å²) in [5.41, 5.74) is 6.38. The Bertz CT molecular complexity index is 1910. The number of hydrogen-bond acceptors (Lipinski definition) is 7.